The minimum absolute atomic E-state index is 0.0621. The molecule has 0 aliphatic carbocycles. The number of imide groups is 1. The summed E-state index contributed by atoms with van der Waals surface area (Å²) in [5.41, 5.74) is 1.16. The normalized spacial score (nSPS) is 15.3. The first-order valence-corrected chi connectivity index (χ1v) is 9.93. The number of carbonyl (C=O) groups is 2. The van der Waals surface area contributed by atoms with Gasteiger partial charge in [0.25, 0.3) is 0 Å². The zero-order valence-electron chi connectivity index (χ0n) is 13.8. The van der Waals surface area contributed by atoms with Crippen LogP contribution in [0.4, 0.5) is 5.69 Å². The summed E-state index contributed by atoms with van der Waals surface area (Å²) in [6.07, 6.45) is 1.18. The minimum Gasteiger partial charge on any atom is -0.274 e. The Morgan fingerprint density at radius 2 is 1.50 bits per heavy atom. The fourth-order valence-electron chi connectivity index (χ4n) is 2.68. The smallest absolute Gasteiger partial charge is 0.240 e. The first kappa shape index (κ1) is 18.6. The van der Waals surface area contributed by atoms with E-state index in [0.717, 1.165) is 10.5 Å². The second-order valence-corrected chi connectivity index (χ2v) is 8.12. The van der Waals surface area contributed by atoms with Crippen LogP contribution in [0.25, 0.3) is 0 Å². The molecule has 2 aromatic carbocycles. The summed E-state index contributed by atoms with van der Waals surface area (Å²) >= 11 is 5.81. The zero-order chi connectivity index (χ0) is 18.7. The van der Waals surface area contributed by atoms with Crippen molar-refractivity contribution in [1.82, 2.24) is 4.72 Å². The number of nitrogens with one attached hydrogen (secondary N) is 1. The highest BCUT2D eigenvalue weighted by molar-refractivity contribution is 7.89. The quantitative estimate of drug-likeness (QED) is 0.793. The van der Waals surface area contributed by atoms with E-state index < -0.39 is 10.0 Å². The molecule has 0 radical (unpaired) electrons. The molecule has 1 aliphatic heterocycles. The maximum atomic E-state index is 12.4. The molecule has 0 spiro atoms. The van der Waals surface area contributed by atoms with E-state index in [9.17, 15) is 18.0 Å². The van der Waals surface area contributed by atoms with Crippen molar-refractivity contribution in [2.24, 2.45) is 0 Å². The largest absolute Gasteiger partial charge is 0.274 e. The Bertz CT molecular complexity index is 909. The average Bonchev–Trinajstić information content (AvgIpc) is 2.62. The van der Waals surface area contributed by atoms with Crippen LogP contribution >= 0.6 is 11.6 Å². The molecule has 2 amide bonds. The van der Waals surface area contributed by atoms with Crippen LogP contribution in [0.1, 0.15) is 24.8 Å². The number of amides is 2. The Balaban J connectivity index is 1.73. The molecular formula is C18H17ClN2O4S. The maximum Gasteiger partial charge on any atom is 0.240 e. The number of piperidine rings is 1. The summed E-state index contributed by atoms with van der Waals surface area (Å²) in [7, 11) is -3.71. The Morgan fingerprint density at radius 1 is 0.923 bits per heavy atom. The van der Waals surface area contributed by atoms with Crippen molar-refractivity contribution in [3.63, 3.8) is 0 Å². The number of rotatable bonds is 5. The highest BCUT2D eigenvalue weighted by Crippen LogP contribution is 2.23. The van der Waals surface area contributed by atoms with Gasteiger partial charge in [-0.3, -0.25) is 14.5 Å². The van der Waals surface area contributed by atoms with Crippen LogP contribution < -0.4 is 9.62 Å². The molecule has 1 N–H and O–H groups in total. The Hall–Kier alpha value is -2.22. The summed E-state index contributed by atoms with van der Waals surface area (Å²) < 4.78 is 27.3. The Kier molecular flexibility index (Phi) is 5.41. The molecule has 8 heteroatoms. The third-order valence-electron chi connectivity index (χ3n) is 4.06. The van der Waals surface area contributed by atoms with E-state index in [0.29, 0.717) is 30.0 Å². The second kappa shape index (κ2) is 7.57. The molecule has 3 rings (SSSR count). The summed E-state index contributed by atoms with van der Waals surface area (Å²) in [6.45, 7) is 0.129. The van der Waals surface area contributed by atoms with Crippen LogP contribution in [-0.2, 0) is 26.2 Å². The molecule has 136 valence electrons. The standard InChI is InChI=1S/C18H17ClN2O4S/c19-14-6-4-13(5-7-14)12-20-26(24,25)16-10-8-15(9-11-16)21-17(22)2-1-3-18(21)23/h4-11,20H,1-3,12H2. The number of hydrogen-bond acceptors (Lipinski definition) is 4. The number of nitrogens with zero attached hydrogens (tertiary/aromatic N) is 1. The van der Waals surface area contributed by atoms with E-state index in [-0.39, 0.29) is 23.3 Å². The van der Waals surface area contributed by atoms with Crippen LogP contribution in [0.5, 0.6) is 0 Å². The molecule has 1 heterocycles. The van der Waals surface area contributed by atoms with Crippen LogP contribution in [-0.4, -0.2) is 20.2 Å². The third-order valence-corrected chi connectivity index (χ3v) is 5.73. The number of sulfonamides is 1. The van der Waals surface area contributed by atoms with E-state index in [2.05, 4.69) is 4.72 Å². The average molecular weight is 393 g/mol. The lowest BCUT2D eigenvalue weighted by molar-refractivity contribution is -0.129. The van der Waals surface area contributed by atoms with Gasteiger partial charge in [0.15, 0.2) is 0 Å². The number of carbonyl (C=O) groups excluding carboxylic acids is 2. The predicted octanol–water partition coefficient (Wildman–Crippen LogP) is 2.86. The lowest BCUT2D eigenvalue weighted by Gasteiger charge is -2.24. The van der Waals surface area contributed by atoms with E-state index in [1.165, 1.54) is 24.3 Å². The summed E-state index contributed by atoms with van der Waals surface area (Å²) in [5, 5.41) is 0.578. The van der Waals surface area contributed by atoms with Gasteiger partial charge in [-0.15, -0.1) is 0 Å². The molecule has 2 aromatic rings. The molecular weight excluding hydrogens is 376 g/mol. The van der Waals surface area contributed by atoms with Gasteiger partial charge in [0.2, 0.25) is 21.8 Å². The predicted molar refractivity (Wildman–Crippen MR) is 98.3 cm³/mol. The first-order chi connectivity index (χ1) is 12.4. The van der Waals surface area contributed by atoms with Crippen molar-refractivity contribution in [3.8, 4) is 0 Å². The van der Waals surface area contributed by atoms with Gasteiger partial charge in [-0.2, -0.15) is 0 Å². The SMILES string of the molecule is O=C1CCCC(=O)N1c1ccc(S(=O)(=O)NCc2ccc(Cl)cc2)cc1. The molecule has 1 aliphatic rings. The first-order valence-electron chi connectivity index (χ1n) is 8.07. The number of anilines is 1. The monoisotopic (exact) mass is 392 g/mol. The summed E-state index contributed by atoms with van der Waals surface area (Å²) in [5.74, 6) is -0.532. The van der Waals surface area contributed by atoms with E-state index in [1.807, 2.05) is 0 Å². The van der Waals surface area contributed by atoms with Gasteiger partial charge in [-0.1, -0.05) is 23.7 Å². The van der Waals surface area contributed by atoms with Gasteiger partial charge in [0.1, 0.15) is 0 Å². The Labute approximate surface area is 156 Å². The number of halogens is 1. The lowest BCUT2D eigenvalue weighted by Crippen LogP contribution is -2.40. The van der Waals surface area contributed by atoms with Crippen molar-refractivity contribution in [3.05, 3.63) is 59.1 Å². The van der Waals surface area contributed by atoms with Crippen molar-refractivity contribution in [2.45, 2.75) is 30.7 Å². The van der Waals surface area contributed by atoms with E-state index in [1.54, 1.807) is 24.3 Å². The number of hydrogen-bond donors (Lipinski definition) is 1. The van der Waals surface area contributed by atoms with Gasteiger partial charge in [-0.05, 0) is 48.4 Å². The fourth-order valence-corrected chi connectivity index (χ4v) is 3.82. The molecule has 1 fully saturated rings. The highest BCUT2D eigenvalue weighted by atomic mass is 35.5. The van der Waals surface area contributed by atoms with Gasteiger partial charge in [-0.25, -0.2) is 13.1 Å². The van der Waals surface area contributed by atoms with Gasteiger partial charge in [0, 0.05) is 24.4 Å². The van der Waals surface area contributed by atoms with E-state index >= 15 is 0 Å². The molecule has 0 aromatic heterocycles. The molecule has 0 unspecified atom stereocenters. The van der Waals surface area contributed by atoms with Gasteiger partial charge >= 0.3 is 0 Å². The summed E-state index contributed by atoms with van der Waals surface area (Å²) in [4.78, 5) is 25.0. The van der Waals surface area contributed by atoms with Crippen molar-refractivity contribution < 1.29 is 18.0 Å². The Morgan fingerprint density at radius 3 is 2.08 bits per heavy atom. The molecule has 0 atom stereocenters. The fraction of sp³-hybridized carbons (Fsp3) is 0.222. The molecule has 6 nitrogen and oxygen atoms in total. The van der Waals surface area contributed by atoms with Gasteiger partial charge in [0.05, 0.1) is 10.6 Å². The van der Waals surface area contributed by atoms with Crippen LogP contribution in [0.3, 0.4) is 0 Å². The van der Waals surface area contributed by atoms with Crippen molar-refractivity contribution >= 4 is 39.1 Å². The second-order valence-electron chi connectivity index (χ2n) is 5.92. The minimum atomic E-state index is -3.71. The molecule has 0 bridgehead atoms. The number of benzene rings is 2. The van der Waals surface area contributed by atoms with Crippen LogP contribution in [0.15, 0.2) is 53.4 Å². The van der Waals surface area contributed by atoms with Crippen molar-refractivity contribution in [2.75, 3.05) is 4.90 Å². The molecule has 0 saturated carbocycles. The third kappa shape index (κ3) is 4.12. The van der Waals surface area contributed by atoms with E-state index in [4.69, 9.17) is 11.6 Å². The molecule has 1 saturated heterocycles. The van der Waals surface area contributed by atoms with Gasteiger partial charge < -0.3 is 0 Å². The molecule has 26 heavy (non-hydrogen) atoms. The van der Waals surface area contributed by atoms with Crippen LogP contribution in [0, 0.1) is 0 Å². The van der Waals surface area contributed by atoms with Crippen LogP contribution in [0.2, 0.25) is 5.02 Å². The zero-order valence-corrected chi connectivity index (χ0v) is 15.4. The topological polar surface area (TPSA) is 83.6 Å². The van der Waals surface area contributed by atoms with Crippen molar-refractivity contribution in [1.29, 1.82) is 0 Å². The highest BCUT2D eigenvalue weighted by Gasteiger charge is 2.27. The maximum absolute atomic E-state index is 12.4. The summed E-state index contributed by atoms with van der Waals surface area (Å²) in [6, 6.07) is 12.6. The lowest BCUT2D eigenvalue weighted by atomic mass is 10.1.